The van der Waals surface area contributed by atoms with Crippen molar-refractivity contribution < 1.29 is 4.74 Å². The quantitative estimate of drug-likeness (QED) is 0.579. The summed E-state index contributed by atoms with van der Waals surface area (Å²) in [5.74, 6) is 0.527. The van der Waals surface area contributed by atoms with Gasteiger partial charge in [-0.3, -0.25) is 0 Å². The van der Waals surface area contributed by atoms with Crippen molar-refractivity contribution in [3.05, 3.63) is 23.7 Å². The number of nitrogens with one attached hydrogen (secondary N) is 1. The van der Waals surface area contributed by atoms with Crippen LogP contribution in [-0.4, -0.2) is 29.1 Å². The largest absolute Gasteiger partial charge is 0.382 e. The summed E-state index contributed by atoms with van der Waals surface area (Å²) in [6, 6.07) is 0. The van der Waals surface area contributed by atoms with Crippen LogP contribution in [0.15, 0.2) is 18.0 Å². The number of aryl methyl sites for hydroxylation is 1. The number of hydrogen-bond acceptors (Lipinski definition) is 7. The molecular formula is C13H18N4OS2. The van der Waals surface area contributed by atoms with Crippen LogP contribution < -0.4 is 11.1 Å². The van der Waals surface area contributed by atoms with Crippen molar-refractivity contribution in [2.24, 2.45) is 0 Å². The zero-order chi connectivity index (χ0) is 14.4. The van der Waals surface area contributed by atoms with Crippen molar-refractivity contribution >= 4 is 33.7 Å². The number of ether oxygens (including phenoxy) is 1. The Bertz CT molecular complexity index is 564. The molecule has 2 heterocycles. The average molecular weight is 310 g/mol. The van der Waals surface area contributed by atoms with Crippen LogP contribution in [0, 0.1) is 6.92 Å². The van der Waals surface area contributed by atoms with Crippen molar-refractivity contribution in [1.82, 2.24) is 9.36 Å². The first-order chi connectivity index (χ1) is 9.72. The van der Waals surface area contributed by atoms with Gasteiger partial charge in [-0.15, -0.1) is 17.9 Å². The van der Waals surface area contributed by atoms with E-state index in [0.29, 0.717) is 19.0 Å². The molecule has 0 aliphatic carbocycles. The summed E-state index contributed by atoms with van der Waals surface area (Å²) in [6.45, 7) is 7.69. The van der Waals surface area contributed by atoms with Gasteiger partial charge < -0.3 is 15.8 Å². The normalized spacial score (nSPS) is 10.7. The molecule has 3 N–H and O–H groups in total. The number of thiazole rings is 1. The van der Waals surface area contributed by atoms with Crippen LogP contribution in [0.3, 0.4) is 0 Å². The van der Waals surface area contributed by atoms with Gasteiger partial charge in [0.15, 0.2) is 0 Å². The third-order valence-corrected chi connectivity index (χ3v) is 4.35. The predicted octanol–water partition coefficient (Wildman–Crippen LogP) is 3.16. The molecule has 0 spiro atoms. The first kappa shape index (κ1) is 15.0. The van der Waals surface area contributed by atoms with Crippen molar-refractivity contribution in [2.75, 3.05) is 30.8 Å². The Morgan fingerprint density at radius 2 is 2.35 bits per heavy atom. The highest BCUT2D eigenvalue weighted by atomic mass is 32.1. The summed E-state index contributed by atoms with van der Waals surface area (Å²) in [7, 11) is 0. The smallest absolute Gasteiger partial charge is 0.149 e. The Labute approximate surface area is 126 Å². The van der Waals surface area contributed by atoms with Crippen molar-refractivity contribution in [1.29, 1.82) is 0 Å². The van der Waals surface area contributed by atoms with E-state index in [-0.39, 0.29) is 0 Å². The molecule has 5 nitrogen and oxygen atoms in total. The monoisotopic (exact) mass is 310 g/mol. The van der Waals surface area contributed by atoms with Crippen LogP contribution in [0.2, 0.25) is 0 Å². The minimum Gasteiger partial charge on any atom is -0.382 e. The fraction of sp³-hybridized carbons (Fsp3) is 0.385. The fourth-order valence-electron chi connectivity index (χ4n) is 1.60. The fourth-order valence-corrected chi connectivity index (χ4v) is 3.26. The SMILES string of the molecule is C=CCCOCCNc1snc(N)c1-c1nc(C)cs1. The average Bonchev–Trinajstić information content (AvgIpc) is 3.00. The van der Waals surface area contributed by atoms with Gasteiger partial charge in [-0.25, -0.2) is 4.98 Å². The summed E-state index contributed by atoms with van der Waals surface area (Å²) in [6.07, 6.45) is 2.72. The molecule has 20 heavy (non-hydrogen) atoms. The zero-order valence-electron chi connectivity index (χ0n) is 11.4. The molecule has 0 fully saturated rings. The van der Waals surface area contributed by atoms with Gasteiger partial charge in [-0.2, -0.15) is 4.37 Å². The van der Waals surface area contributed by atoms with Gasteiger partial charge in [0.1, 0.15) is 15.8 Å². The van der Waals surface area contributed by atoms with Gasteiger partial charge in [0.2, 0.25) is 0 Å². The third kappa shape index (κ3) is 3.78. The van der Waals surface area contributed by atoms with E-state index in [1.165, 1.54) is 11.5 Å². The van der Waals surface area contributed by atoms with E-state index in [0.717, 1.165) is 34.2 Å². The molecule has 0 radical (unpaired) electrons. The zero-order valence-corrected chi connectivity index (χ0v) is 13.0. The summed E-state index contributed by atoms with van der Waals surface area (Å²) < 4.78 is 9.66. The van der Waals surface area contributed by atoms with Crippen LogP contribution in [0.4, 0.5) is 10.8 Å². The molecule has 0 aliphatic rings. The third-order valence-electron chi connectivity index (χ3n) is 2.55. The Balaban J connectivity index is 1.94. The van der Waals surface area contributed by atoms with Crippen LogP contribution in [0.25, 0.3) is 10.6 Å². The minimum absolute atomic E-state index is 0.527. The minimum atomic E-state index is 0.527. The molecule has 2 aromatic heterocycles. The molecule has 2 rings (SSSR count). The lowest BCUT2D eigenvalue weighted by Crippen LogP contribution is -2.09. The van der Waals surface area contributed by atoms with E-state index in [1.807, 2.05) is 18.4 Å². The first-order valence-corrected chi connectivity index (χ1v) is 7.98. The van der Waals surface area contributed by atoms with Crippen molar-refractivity contribution in [3.63, 3.8) is 0 Å². The number of aromatic nitrogens is 2. The number of anilines is 2. The second kappa shape index (κ2) is 7.37. The molecule has 0 unspecified atom stereocenters. The lowest BCUT2D eigenvalue weighted by atomic mass is 10.3. The van der Waals surface area contributed by atoms with E-state index in [9.17, 15) is 0 Å². The molecule has 0 atom stereocenters. The van der Waals surface area contributed by atoms with Gasteiger partial charge in [0, 0.05) is 17.6 Å². The Kier molecular flexibility index (Phi) is 5.51. The summed E-state index contributed by atoms with van der Waals surface area (Å²) in [5, 5.41) is 7.17. The Hall–Kier alpha value is -1.44. The van der Waals surface area contributed by atoms with Gasteiger partial charge in [0.05, 0.1) is 18.8 Å². The molecule has 0 aliphatic heterocycles. The molecule has 0 saturated carbocycles. The molecule has 2 aromatic rings. The van der Waals surface area contributed by atoms with Gasteiger partial charge in [-0.05, 0) is 24.9 Å². The molecular weight excluding hydrogens is 292 g/mol. The van der Waals surface area contributed by atoms with E-state index < -0.39 is 0 Å². The number of hydrogen-bond donors (Lipinski definition) is 2. The van der Waals surface area contributed by atoms with Gasteiger partial charge >= 0.3 is 0 Å². The van der Waals surface area contributed by atoms with E-state index in [1.54, 1.807) is 11.3 Å². The number of nitrogens with two attached hydrogens (primary N) is 1. The van der Waals surface area contributed by atoms with Crippen LogP contribution in [0.5, 0.6) is 0 Å². The Morgan fingerprint density at radius 1 is 1.50 bits per heavy atom. The number of nitrogen functional groups attached to an aromatic ring is 1. The van der Waals surface area contributed by atoms with E-state index >= 15 is 0 Å². The standard InChI is InChI=1S/C13H18N4OS2/c1-3-4-6-18-7-5-15-12-10(11(14)17-20-12)13-16-9(2)8-19-13/h3,8,15H,1,4-7H2,2H3,(H2,14,17). The highest BCUT2D eigenvalue weighted by Crippen LogP contribution is 2.38. The van der Waals surface area contributed by atoms with Crippen LogP contribution in [0.1, 0.15) is 12.1 Å². The maximum atomic E-state index is 5.94. The van der Waals surface area contributed by atoms with Crippen LogP contribution in [-0.2, 0) is 4.74 Å². The molecule has 0 amide bonds. The molecule has 0 bridgehead atoms. The summed E-state index contributed by atoms with van der Waals surface area (Å²) in [5.41, 5.74) is 7.83. The first-order valence-electron chi connectivity index (χ1n) is 6.32. The lowest BCUT2D eigenvalue weighted by molar-refractivity contribution is 0.149. The maximum Gasteiger partial charge on any atom is 0.149 e. The van der Waals surface area contributed by atoms with Gasteiger partial charge in [0.25, 0.3) is 0 Å². The predicted molar refractivity (Wildman–Crippen MR) is 86.5 cm³/mol. The molecule has 0 saturated heterocycles. The lowest BCUT2D eigenvalue weighted by Gasteiger charge is -2.06. The van der Waals surface area contributed by atoms with E-state index in [2.05, 4.69) is 21.3 Å². The second-order valence-corrected chi connectivity index (χ2v) is 5.81. The Morgan fingerprint density at radius 3 is 3.05 bits per heavy atom. The molecule has 7 heteroatoms. The topological polar surface area (TPSA) is 73.1 Å². The summed E-state index contributed by atoms with van der Waals surface area (Å²) >= 11 is 2.94. The number of nitrogens with zero attached hydrogens (tertiary/aromatic N) is 2. The highest BCUT2D eigenvalue weighted by Gasteiger charge is 2.16. The second-order valence-electron chi connectivity index (χ2n) is 4.18. The van der Waals surface area contributed by atoms with Crippen molar-refractivity contribution in [3.8, 4) is 10.6 Å². The van der Waals surface area contributed by atoms with E-state index in [4.69, 9.17) is 10.5 Å². The molecule has 0 aromatic carbocycles. The van der Waals surface area contributed by atoms with Crippen LogP contribution >= 0.6 is 22.9 Å². The summed E-state index contributed by atoms with van der Waals surface area (Å²) in [4.78, 5) is 4.47. The highest BCUT2D eigenvalue weighted by molar-refractivity contribution is 7.15. The number of rotatable bonds is 8. The van der Waals surface area contributed by atoms with Crippen molar-refractivity contribution in [2.45, 2.75) is 13.3 Å². The molecule has 108 valence electrons. The van der Waals surface area contributed by atoms with Gasteiger partial charge in [-0.1, -0.05) is 6.08 Å². The maximum absolute atomic E-state index is 5.94.